The molecule has 2 aliphatic rings. The summed E-state index contributed by atoms with van der Waals surface area (Å²) < 4.78 is 0. The molecule has 1 amide bonds. The molecule has 0 spiro atoms. The molecule has 5 heteroatoms. The van der Waals surface area contributed by atoms with E-state index in [9.17, 15) is 4.79 Å². The molecule has 1 saturated heterocycles. The van der Waals surface area contributed by atoms with Crippen molar-refractivity contribution in [3.63, 3.8) is 0 Å². The van der Waals surface area contributed by atoms with Gasteiger partial charge in [0.05, 0.1) is 0 Å². The first kappa shape index (κ1) is 10.8. The van der Waals surface area contributed by atoms with Crippen molar-refractivity contribution in [1.29, 1.82) is 0 Å². The van der Waals surface area contributed by atoms with E-state index in [0.29, 0.717) is 12.5 Å². The van der Waals surface area contributed by atoms with Crippen LogP contribution in [-0.2, 0) is 11.3 Å². The Kier molecular flexibility index (Phi) is 2.22. The first-order valence-electron chi connectivity index (χ1n) is 6.10. The summed E-state index contributed by atoms with van der Waals surface area (Å²) in [5, 5.41) is 5.94. The molecule has 19 heavy (non-hydrogen) atoms. The first-order valence-corrected chi connectivity index (χ1v) is 6.98. The monoisotopic (exact) mass is 269 g/mol. The number of carbonyl (C=O) groups is 1. The van der Waals surface area contributed by atoms with Crippen LogP contribution in [-0.4, -0.2) is 23.3 Å². The van der Waals surface area contributed by atoms with Gasteiger partial charge in [-0.3, -0.25) is 10.1 Å². The van der Waals surface area contributed by atoms with Gasteiger partial charge in [0.2, 0.25) is 11.9 Å². The Labute approximate surface area is 114 Å². The highest BCUT2D eigenvalue weighted by molar-refractivity contribution is 7.14. The van der Waals surface area contributed by atoms with Gasteiger partial charge < -0.3 is 4.90 Å². The van der Waals surface area contributed by atoms with Gasteiger partial charge in [0, 0.05) is 17.5 Å². The SMILES string of the molecule is O=C1CN2Cc3c(-c4ccccc4)csc3N=C2N1. The summed E-state index contributed by atoms with van der Waals surface area (Å²) in [6.07, 6.45) is 0. The number of benzene rings is 1. The van der Waals surface area contributed by atoms with Gasteiger partial charge in [-0.05, 0) is 11.1 Å². The average molecular weight is 269 g/mol. The maximum absolute atomic E-state index is 11.4. The van der Waals surface area contributed by atoms with Gasteiger partial charge >= 0.3 is 0 Å². The van der Waals surface area contributed by atoms with Gasteiger partial charge in [-0.25, -0.2) is 4.99 Å². The maximum atomic E-state index is 11.4. The number of carbonyl (C=O) groups excluding carboxylic acids is 1. The Morgan fingerprint density at radius 2 is 2.05 bits per heavy atom. The zero-order valence-electron chi connectivity index (χ0n) is 10.1. The molecule has 2 aromatic rings. The van der Waals surface area contributed by atoms with Crippen molar-refractivity contribution in [3.8, 4) is 11.1 Å². The van der Waals surface area contributed by atoms with E-state index >= 15 is 0 Å². The van der Waals surface area contributed by atoms with E-state index in [0.717, 1.165) is 11.5 Å². The normalized spacial score (nSPS) is 16.7. The summed E-state index contributed by atoms with van der Waals surface area (Å²) >= 11 is 1.63. The summed E-state index contributed by atoms with van der Waals surface area (Å²) in [4.78, 5) is 17.9. The molecule has 0 atom stereocenters. The predicted molar refractivity (Wildman–Crippen MR) is 75.4 cm³/mol. The molecule has 0 aliphatic carbocycles. The molecule has 1 N–H and O–H groups in total. The van der Waals surface area contributed by atoms with Crippen LogP contribution in [0.2, 0.25) is 0 Å². The van der Waals surface area contributed by atoms with Gasteiger partial charge in [0.25, 0.3) is 0 Å². The van der Waals surface area contributed by atoms with Crippen LogP contribution in [0.25, 0.3) is 11.1 Å². The smallest absolute Gasteiger partial charge is 0.246 e. The Bertz CT molecular complexity index is 690. The quantitative estimate of drug-likeness (QED) is 0.863. The van der Waals surface area contributed by atoms with E-state index in [2.05, 4.69) is 27.8 Å². The standard InChI is InChI=1S/C14H11N3OS/c18-12-7-17-6-10-11(9-4-2-1-3-5-9)8-19-13(10)16-14(17)15-12/h1-5,8H,6-7H2,(H,15,16,18). The molecule has 2 aliphatic heterocycles. The van der Waals surface area contributed by atoms with Crippen LogP contribution in [0.1, 0.15) is 5.56 Å². The van der Waals surface area contributed by atoms with E-state index in [1.165, 1.54) is 16.7 Å². The number of guanidine groups is 1. The van der Waals surface area contributed by atoms with Crippen LogP contribution in [0.15, 0.2) is 40.7 Å². The highest BCUT2D eigenvalue weighted by Crippen LogP contribution is 2.40. The third kappa shape index (κ3) is 1.66. The molecular weight excluding hydrogens is 258 g/mol. The fourth-order valence-corrected chi connectivity index (χ4v) is 3.45. The summed E-state index contributed by atoms with van der Waals surface area (Å²) in [6.45, 7) is 1.16. The number of thiophene rings is 1. The molecule has 0 radical (unpaired) electrons. The molecule has 4 nitrogen and oxygen atoms in total. The van der Waals surface area contributed by atoms with Crippen molar-refractivity contribution < 1.29 is 4.79 Å². The van der Waals surface area contributed by atoms with Crippen LogP contribution in [0.4, 0.5) is 5.00 Å². The topological polar surface area (TPSA) is 44.7 Å². The highest BCUT2D eigenvalue weighted by atomic mass is 32.1. The lowest BCUT2D eigenvalue weighted by Gasteiger charge is -2.21. The van der Waals surface area contributed by atoms with Crippen molar-refractivity contribution in [3.05, 3.63) is 41.3 Å². The van der Waals surface area contributed by atoms with E-state index in [1.807, 2.05) is 23.1 Å². The second kappa shape index (κ2) is 3.93. The van der Waals surface area contributed by atoms with Crippen LogP contribution in [0.3, 0.4) is 0 Å². The first-order chi connectivity index (χ1) is 9.31. The van der Waals surface area contributed by atoms with Gasteiger partial charge in [-0.1, -0.05) is 30.3 Å². The third-order valence-electron chi connectivity index (χ3n) is 3.40. The van der Waals surface area contributed by atoms with Gasteiger partial charge in [-0.15, -0.1) is 11.3 Å². The zero-order valence-corrected chi connectivity index (χ0v) is 10.9. The molecule has 1 fully saturated rings. The number of rotatable bonds is 1. The lowest BCUT2D eigenvalue weighted by molar-refractivity contribution is -0.118. The van der Waals surface area contributed by atoms with Gasteiger partial charge in [-0.2, -0.15) is 0 Å². The van der Waals surface area contributed by atoms with Crippen LogP contribution in [0, 0.1) is 0 Å². The van der Waals surface area contributed by atoms with E-state index < -0.39 is 0 Å². The van der Waals surface area contributed by atoms with E-state index in [-0.39, 0.29) is 5.91 Å². The Balaban J connectivity index is 1.80. The molecule has 4 rings (SSSR count). The van der Waals surface area contributed by atoms with Gasteiger partial charge in [0.1, 0.15) is 11.5 Å². The number of hydrogen-bond acceptors (Lipinski definition) is 4. The van der Waals surface area contributed by atoms with Crippen molar-refractivity contribution in [2.24, 2.45) is 4.99 Å². The molecule has 94 valence electrons. The van der Waals surface area contributed by atoms with Crippen LogP contribution >= 0.6 is 11.3 Å². The predicted octanol–water partition coefficient (Wildman–Crippen LogP) is 2.35. The molecule has 0 unspecified atom stereocenters. The van der Waals surface area contributed by atoms with Gasteiger partial charge in [0.15, 0.2) is 0 Å². The summed E-state index contributed by atoms with van der Waals surface area (Å²) in [5.74, 6) is 0.717. The number of aliphatic imine (C=N–C) groups is 1. The third-order valence-corrected chi connectivity index (χ3v) is 4.31. The number of fused-ring (bicyclic) bond motifs is 2. The largest absolute Gasteiger partial charge is 0.329 e. The van der Waals surface area contributed by atoms with Crippen molar-refractivity contribution in [2.45, 2.75) is 6.54 Å². The second-order valence-corrected chi connectivity index (χ2v) is 5.50. The van der Waals surface area contributed by atoms with Crippen LogP contribution < -0.4 is 5.32 Å². The summed E-state index contributed by atoms with van der Waals surface area (Å²) in [6, 6.07) is 10.3. The molecule has 0 saturated carbocycles. The number of nitrogens with zero attached hydrogens (tertiary/aromatic N) is 2. The lowest BCUT2D eigenvalue weighted by Crippen LogP contribution is -2.31. The van der Waals surface area contributed by atoms with E-state index in [1.54, 1.807) is 11.3 Å². The highest BCUT2D eigenvalue weighted by Gasteiger charge is 2.31. The second-order valence-electron chi connectivity index (χ2n) is 4.64. The number of nitrogens with one attached hydrogen (secondary N) is 1. The minimum Gasteiger partial charge on any atom is -0.329 e. The van der Waals surface area contributed by atoms with Crippen LogP contribution in [0.5, 0.6) is 0 Å². The Morgan fingerprint density at radius 1 is 1.21 bits per heavy atom. The number of amides is 1. The van der Waals surface area contributed by atoms with Crippen molar-refractivity contribution in [1.82, 2.24) is 10.2 Å². The molecule has 1 aromatic heterocycles. The minimum atomic E-state index is 0.0233. The fourth-order valence-electron chi connectivity index (χ4n) is 2.49. The lowest BCUT2D eigenvalue weighted by atomic mass is 10.0. The van der Waals surface area contributed by atoms with Crippen molar-refractivity contribution >= 4 is 28.2 Å². The Hall–Kier alpha value is -2.14. The Morgan fingerprint density at radius 3 is 2.89 bits per heavy atom. The fraction of sp³-hybridized carbons (Fsp3) is 0.143. The summed E-state index contributed by atoms with van der Waals surface area (Å²) in [7, 11) is 0. The summed E-state index contributed by atoms with van der Waals surface area (Å²) in [5.41, 5.74) is 3.65. The van der Waals surface area contributed by atoms with Crippen molar-refractivity contribution in [2.75, 3.05) is 6.54 Å². The maximum Gasteiger partial charge on any atom is 0.246 e. The zero-order chi connectivity index (χ0) is 12.8. The molecule has 3 heterocycles. The average Bonchev–Trinajstić information content (AvgIpc) is 2.98. The van der Waals surface area contributed by atoms with E-state index in [4.69, 9.17) is 0 Å². The molecule has 1 aromatic carbocycles. The molecular formula is C14H11N3OS. The minimum absolute atomic E-state index is 0.0233. The molecule has 0 bridgehead atoms. The number of hydrogen-bond donors (Lipinski definition) is 1.